The van der Waals surface area contributed by atoms with Crippen molar-refractivity contribution in [3.8, 4) is 5.75 Å². The van der Waals surface area contributed by atoms with Crippen molar-refractivity contribution >= 4 is 17.4 Å². The van der Waals surface area contributed by atoms with E-state index in [0.29, 0.717) is 26.2 Å². The van der Waals surface area contributed by atoms with Crippen LogP contribution in [0.3, 0.4) is 0 Å². The highest BCUT2D eigenvalue weighted by molar-refractivity contribution is 5.95. The van der Waals surface area contributed by atoms with Gasteiger partial charge in [-0.3, -0.25) is 9.59 Å². The minimum Gasteiger partial charge on any atom is -0.497 e. The van der Waals surface area contributed by atoms with E-state index in [1.807, 2.05) is 31.2 Å². The molecule has 22 heavy (non-hydrogen) atoms. The summed E-state index contributed by atoms with van der Waals surface area (Å²) in [4.78, 5) is 27.1. The Hall–Kier alpha value is -2.30. The Kier molecular flexibility index (Phi) is 5.20. The van der Waals surface area contributed by atoms with Gasteiger partial charge in [0.25, 0.3) is 0 Å². The summed E-state index contributed by atoms with van der Waals surface area (Å²) in [5.41, 5.74) is 1.91. The van der Waals surface area contributed by atoms with Crippen LogP contribution in [0.1, 0.15) is 19.4 Å². The fourth-order valence-electron chi connectivity index (χ4n) is 2.46. The quantitative estimate of drug-likeness (QED) is 0.800. The first-order valence-corrected chi connectivity index (χ1v) is 7.38. The summed E-state index contributed by atoms with van der Waals surface area (Å²) in [6, 6.07) is 7.63. The number of nitrogens with zero attached hydrogens (tertiary/aromatic N) is 2. The van der Waals surface area contributed by atoms with Gasteiger partial charge in [-0.25, -0.2) is 0 Å². The second-order valence-corrected chi connectivity index (χ2v) is 5.39. The van der Waals surface area contributed by atoms with Crippen LogP contribution in [0, 0.1) is 0 Å². The van der Waals surface area contributed by atoms with Crippen molar-refractivity contribution in [3.63, 3.8) is 0 Å². The van der Waals surface area contributed by atoms with E-state index in [4.69, 9.17) is 4.74 Å². The van der Waals surface area contributed by atoms with E-state index in [9.17, 15) is 9.59 Å². The molecule has 0 aromatic heterocycles. The first-order chi connectivity index (χ1) is 10.5. The summed E-state index contributed by atoms with van der Waals surface area (Å²) in [6.07, 6.45) is 1.66. The third-order valence-electron chi connectivity index (χ3n) is 3.92. The lowest BCUT2D eigenvalue weighted by atomic mass is 10.1. The average Bonchev–Trinajstić information content (AvgIpc) is 2.54. The van der Waals surface area contributed by atoms with Crippen LogP contribution < -0.4 is 4.74 Å². The molecule has 0 atom stereocenters. The maximum Gasteiger partial charge on any atom is 0.246 e. The molecule has 5 heteroatoms. The van der Waals surface area contributed by atoms with Crippen molar-refractivity contribution in [1.29, 1.82) is 0 Å². The van der Waals surface area contributed by atoms with Gasteiger partial charge in [-0.15, -0.1) is 0 Å². The zero-order valence-corrected chi connectivity index (χ0v) is 13.3. The highest BCUT2D eigenvalue weighted by Gasteiger charge is 2.21. The molecule has 2 rings (SSSR count). The normalized spacial score (nSPS) is 15.7. The largest absolute Gasteiger partial charge is 0.497 e. The van der Waals surface area contributed by atoms with E-state index in [-0.39, 0.29) is 11.8 Å². The van der Waals surface area contributed by atoms with Crippen LogP contribution in [-0.2, 0) is 9.59 Å². The molecule has 5 nitrogen and oxygen atoms in total. The molecule has 1 aliphatic rings. The zero-order valence-electron chi connectivity index (χ0n) is 13.3. The molecule has 0 bridgehead atoms. The Bertz CT molecular complexity index is 570. The fraction of sp³-hybridized carbons (Fsp3) is 0.412. The molecule has 0 spiro atoms. The molecule has 1 heterocycles. The lowest BCUT2D eigenvalue weighted by molar-refractivity contribution is -0.135. The summed E-state index contributed by atoms with van der Waals surface area (Å²) in [5.74, 6) is 0.858. The highest BCUT2D eigenvalue weighted by atomic mass is 16.5. The van der Waals surface area contributed by atoms with Crippen molar-refractivity contribution in [1.82, 2.24) is 9.80 Å². The number of hydrogen-bond donors (Lipinski definition) is 0. The van der Waals surface area contributed by atoms with E-state index >= 15 is 0 Å². The Morgan fingerprint density at radius 1 is 1.00 bits per heavy atom. The van der Waals surface area contributed by atoms with E-state index < -0.39 is 0 Å². The van der Waals surface area contributed by atoms with Crippen molar-refractivity contribution in [2.75, 3.05) is 33.3 Å². The first-order valence-electron chi connectivity index (χ1n) is 7.38. The molecule has 1 saturated heterocycles. The lowest BCUT2D eigenvalue weighted by Crippen LogP contribution is -2.49. The average molecular weight is 302 g/mol. The number of benzene rings is 1. The number of carbonyl (C=O) groups is 2. The number of allylic oxidation sites excluding steroid dienone is 1. The van der Waals surface area contributed by atoms with Gasteiger partial charge in [0.1, 0.15) is 5.75 Å². The number of piperazine rings is 1. The van der Waals surface area contributed by atoms with Crippen molar-refractivity contribution in [3.05, 3.63) is 35.9 Å². The van der Waals surface area contributed by atoms with Crippen molar-refractivity contribution in [2.24, 2.45) is 0 Å². The van der Waals surface area contributed by atoms with Gasteiger partial charge in [0.2, 0.25) is 11.8 Å². The topological polar surface area (TPSA) is 49.9 Å². The Labute approximate surface area is 131 Å². The molecule has 1 aromatic rings. The molecule has 1 aliphatic heterocycles. The number of methoxy groups -OCH3 is 1. The molecule has 0 radical (unpaired) electrons. The second kappa shape index (κ2) is 7.11. The molecule has 1 aromatic carbocycles. The van der Waals surface area contributed by atoms with Crippen LogP contribution in [0.4, 0.5) is 0 Å². The van der Waals surface area contributed by atoms with Crippen molar-refractivity contribution < 1.29 is 14.3 Å². The van der Waals surface area contributed by atoms with Gasteiger partial charge < -0.3 is 14.5 Å². The fourth-order valence-corrected chi connectivity index (χ4v) is 2.46. The van der Waals surface area contributed by atoms with Crippen LogP contribution in [-0.4, -0.2) is 54.9 Å². The smallest absolute Gasteiger partial charge is 0.246 e. The SMILES string of the molecule is COc1ccc(/C(C)=C/C(=O)N2CCN(C(C)=O)CC2)cc1. The minimum atomic E-state index is -0.00322. The third-order valence-corrected chi connectivity index (χ3v) is 3.92. The summed E-state index contributed by atoms with van der Waals surface area (Å²) in [7, 11) is 1.63. The van der Waals surface area contributed by atoms with E-state index in [1.165, 1.54) is 0 Å². The lowest BCUT2D eigenvalue weighted by Gasteiger charge is -2.33. The predicted molar refractivity (Wildman–Crippen MR) is 85.5 cm³/mol. The summed E-state index contributed by atoms with van der Waals surface area (Å²) in [5, 5.41) is 0. The molecule has 1 fully saturated rings. The van der Waals surface area contributed by atoms with E-state index in [2.05, 4.69) is 0 Å². The Morgan fingerprint density at radius 2 is 1.55 bits per heavy atom. The van der Waals surface area contributed by atoms with Gasteiger partial charge in [-0.05, 0) is 30.2 Å². The predicted octanol–water partition coefficient (Wildman–Crippen LogP) is 1.79. The molecule has 0 aliphatic carbocycles. The van der Waals surface area contributed by atoms with Crippen LogP contribution in [0.25, 0.3) is 5.57 Å². The van der Waals surface area contributed by atoms with Crippen LogP contribution >= 0.6 is 0 Å². The third kappa shape index (κ3) is 3.87. The number of rotatable bonds is 3. The van der Waals surface area contributed by atoms with Gasteiger partial charge in [0.15, 0.2) is 0 Å². The summed E-state index contributed by atoms with van der Waals surface area (Å²) < 4.78 is 5.13. The van der Waals surface area contributed by atoms with Gasteiger partial charge in [-0.2, -0.15) is 0 Å². The van der Waals surface area contributed by atoms with E-state index in [1.54, 1.807) is 29.9 Å². The van der Waals surface area contributed by atoms with Crippen LogP contribution in [0.5, 0.6) is 5.75 Å². The molecule has 0 saturated carbocycles. The Morgan fingerprint density at radius 3 is 2.05 bits per heavy atom. The van der Waals surface area contributed by atoms with Crippen molar-refractivity contribution in [2.45, 2.75) is 13.8 Å². The number of amides is 2. The monoisotopic (exact) mass is 302 g/mol. The number of ether oxygens (including phenoxy) is 1. The maximum atomic E-state index is 12.3. The maximum absolute atomic E-state index is 12.3. The zero-order chi connectivity index (χ0) is 16.1. The highest BCUT2D eigenvalue weighted by Crippen LogP contribution is 2.18. The van der Waals surface area contributed by atoms with Crippen LogP contribution in [0.2, 0.25) is 0 Å². The van der Waals surface area contributed by atoms with Gasteiger partial charge in [0, 0.05) is 39.2 Å². The summed E-state index contributed by atoms with van der Waals surface area (Å²) >= 11 is 0. The van der Waals surface area contributed by atoms with Gasteiger partial charge in [0.05, 0.1) is 7.11 Å². The van der Waals surface area contributed by atoms with Gasteiger partial charge >= 0.3 is 0 Å². The summed E-state index contributed by atoms with van der Waals surface area (Å²) in [6.45, 7) is 5.87. The van der Waals surface area contributed by atoms with Crippen LogP contribution in [0.15, 0.2) is 30.3 Å². The molecular formula is C17H22N2O3. The molecule has 0 N–H and O–H groups in total. The number of carbonyl (C=O) groups excluding carboxylic acids is 2. The molecule has 2 amide bonds. The van der Waals surface area contributed by atoms with E-state index in [0.717, 1.165) is 16.9 Å². The molecule has 118 valence electrons. The first kappa shape index (κ1) is 16.1. The molecule has 0 unspecified atom stereocenters. The molecular weight excluding hydrogens is 280 g/mol. The van der Waals surface area contributed by atoms with Gasteiger partial charge in [-0.1, -0.05) is 12.1 Å². The standard InChI is InChI=1S/C17H22N2O3/c1-13(15-4-6-16(22-3)7-5-15)12-17(21)19-10-8-18(9-11-19)14(2)20/h4-7,12H,8-11H2,1-3H3/b13-12+. The minimum absolute atomic E-state index is 0.00322. The number of hydrogen-bond acceptors (Lipinski definition) is 3. The Balaban J connectivity index is 1.99. The second-order valence-electron chi connectivity index (χ2n) is 5.39.